The molecule has 0 saturated carbocycles. The van der Waals surface area contributed by atoms with E-state index in [4.69, 9.17) is 10.5 Å². The van der Waals surface area contributed by atoms with Gasteiger partial charge in [0.05, 0.1) is 24.5 Å². The summed E-state index contributed by atoms with van der Waals surface area (Å²) in [6.07, 6.45) is -1.07. The SMILES string of the molecule is NC(=O)NC[C@H]1CN(c2ccc(N3CCSCC3)c(F)c2)C(=O)O1. The van der Waals surface area contributed by atoms with Gasteiger partial charge in [0.25, 0.3) is 0 Å². The Morgan fingerprint density at radius 2 is 2.17 bits per heavy atom. The van der Waals surface area contributed by atoms with Gasteiger partial charge in [-0.2, -0.15) is 11.8 Å². The highest BCUT2D eigenvalue weighted by Gasteiger charge is 2.33. The minimum Gasteiger partial charge on any atom is -0.442 e. The minimum atomic E-state index is -0.681. The summed E-state index contributed by atoms with van der Waals surface area (Å²) in [7, 11) is 0. The summed E-state index contributed by atoms with van der Waals surface area (Å²) < 4.78 is 19.6. The second-order valence-electron chi connectivity index (χ2n) is 5.60. The van der Waals surface area contributed by atoms with E-state index >= 15 is 0 Å². The van der Waals surface area contributed by atoms with Crippen LogP contribution in [0.5, 0.6) is 0 Å². The molecule has 2 saturated heterocycles. The van der Waals surface area contributed by atoms with Gasteiger partial charge in [0, 0.05) is 24.6 Å². The van der Waals surface area contributed by atoms with E-state index in [0.717, 1.165) is 24.6 Å². The standard InChI is InChI=1S/C15H19FN4O3S/c16-12-7-10(1-2-13(12)19-3-5-24-6-4-19)20-9-11(23-15(20)22)8-18-14(17)21/h1-2,7,11H,3-6,8-9H2,(H3,17,18,21)/t11-/m0/s1. The molecule has 3 rings (SSSR count). The van der Waals surface area contributed by atoms with E-state index in [1.54, 1.807) is 12.1 Å². The molecule has 2 aliphatic heterocycles. The van der Waals surface area contributed by atoms with Crippen LogP contribution in [-0.4, -0.2) is 55.9 Å². The molecule has 0 unspecified atom stereocenters. The lowest BCUT2D eigenvalue weighted by atomic mass is 10.2. The summed E-state index contributed by atoms with van der Waals surface area (Å²) >= 11 is 1.86. The lowest BCUT2D eigenvalue weighted by molar-refractivity contribution is 0.141. The Kier molecular flexibility index (Phi) is 4.98. The Balaban J connectivity index is 1.69. The normalized spacial score (nSPS) is 20.9. The molecule has 130 valence electrons. The van der Waals surface area contributed by atoms with Gasteiger partial charge in [-0.3, -0.25) is 4.90 Å². The number of carbonyl (C=O) groups excluding carboxylic acids is 2. The molecule has 0 radical (unpaired) electrons. The Bertz CT molecular complexity index is 639. The number of halogens is 1. The van der Waals surface area contributed by atoms with Crippen LogP contribution in [0, 0.1) is 5.82 Å². The van der Waals surface area contributed by atoms with Crippen molar-refractivity contribution in [1.29, 1.82) is 0 Å². The van der Waals surface area contributed by atoms with Crippen molar-refractivity contribution in [3.05, 3.63) is 24.0 Å². The van der Waals surface area contributed by atoms with E-state index in [2.05, 4.69) is 5.32 Å². The third kappa shape index (κ3) is 3.66. The summed E-state index contributed by atoms with van der Waals surface area (Å²) in [6, 6.07) is 4.08. The molecule has 9 heteroatoms. The number of urea groups is 1. The van der Waals surface area contributed by atoms with Crippen molar-refractivity contribution in [3.8, 4) is 0 Å². The van der Waals surface area contributed by atoms with E-state index in [-0.39, 0.29) is 18.9 Å². The molecular weight excluding hydrogens is 335 g/mol. The van der Waals surface area contributed by atoms with Crippen LogP contribution >= 0.6 is 11.8 Å². The zero-order chi connectivity index (χ0) is 17.1. The summed E-state index contributed by atoms with van der Waals surface area (Å²) in [4.78, 5) is 26.0. The lowest BCUT2D eigenvalue weighted by Crippen LogP contribution is -2.37. The monoisotopic (exact) mass is 354 g/mol. The molecule has 0 spiro atoms. The molecule has 7 nitrogen and oxygen atoms in total. The Labute approximate surface area is 143 Å². The van der Waals surface area contributed by atoms with Crippen LogP contribution < -0.4 is 20.9 Å². The predicted octanol–water partition coefficient (Wildman–Crippen LogP) is 1.37. The molecule has 0 aliphatic carbocycles. The molecule has 2 heterocycles. The van der Waals surface area contributed by atoms with E-state index in [1.165, 1.54) is 11.0 Å². The van der Waals surface area contributed by atoms with E-state index in [9.17, 15) is 14.0 Å². The van der Waals surface area contributed by atoms with E-state index < -0.39 is 18.2 Å². The summed E-state index contributed by atoms with van der Waals surface area (Å²) in [5.74, 6) is 1.61. The van der Waals surface area contributed by atoms with Crippen molar-refractivity contribution >= 4 is 35.3 Å². The molecule has 3 amide bonds. The number of nitrogens with two attached hydrogens (primary N) is 1. The van der Waals surface area contributed by atoms with Gasteiger partial charge in [-0.25, -0.2) is 14.0 Å². The molecule has 1 aromatic carbocycles. The maximum absolute atomic E-state index is 14.5. The number of thioether (sulfide) groups is 1. The first-order chi connectivity index (χ1) is 11.5. The third-order valence-corrected chi connectivity index (χ3v) is 4.92. The van der Waals surface area contributed by atoms with Gasteiger partial charge in [-0.05, 0) is 18.2 Å². The first-order valence-electron chi connectivity index (χ1n) is 7.68. The predicted molar refractivity (Wildman–Crippen MR) is 91.1 cm³/mol. The number of ether oxygens (including phenoxy) is 1. The number of primary amides is 1. The molecule has 0 aromatic heterocycles. The number of benzene rings is 1. The van der Waals surface area contributed by atoms with Crippen molar-refractivity contribution in [2.75, 3.05) is 47.5 Å². The fourth-order valence-electron chi connectivity index (χ4n) is 2.78. The van der Waals surface area contributed by atoms with Crippen LogP contribution in [0.25, 0.3) is 0 Å². The molecule has 2 fully saturated rings. The molecule has 24 heavy (non-hydrogen) atoms. The summed E-state index contributed by atoms with van der Waals surface area (Å²) in [6.45, 7) is 1.99. The maximum atomic E-state index is 14.5. The smallest absolute Gasteiger partial charge is 0.414 e. The molecule has 3 N–H and O–H groups in total. The largest absolute Gasteiger partial charge is 0.442 e. The van der Waals surface area contributed by atoms with Crippen LogP contribution in [-0.2, 0) is 4.74 Å². The highest BCUT2D eigenvalue weighted by molar-refractivity contribution is 7.99. The molecule has 1 aromatic rings. The van der Waals surface area contributed by atoms with E-state index in [0.29, 0.717) is 11.4 Å². The van der Waals surface area contributed by atoms with Gasteiger partial charge >= 0.3 is 12.1 Å². The average Bonchev–Trinajstić information content (AvgIpc) is 2.94. The second-order valence-corrected chi connectivity index (χ2v) is 6.82. The topological polar surface area (TPSA) is 87.9 Å². The quantitative estimate of drug-likeness (QED) is 0.853. The van der Waals surface area contributed by atoms with Crippen molar-refractivity contribution in [3.63, 3.8) is 0 Å². The number of nitrogens with one attached hydrogen (secondary N) is 1. The van der Waals surface area contributed by atoms with E-state index in [1.807, 2.05) is 16.7 Å². The van der Waals surface area contributed by atoms with Crippen molar-refractivity contribution in [2.24, 2.45) is 5.73 Å². The summed E-state index contributed by atoms with van der Waals surface area (Å²) in [5, 5.41) is 2.40. The maximum Gasteiger partial charge on any atom is 0.414 e. The molecular formula is C15H19FN4O3S. The Morgan fingerprint density at radius 3 is 2.83 bits per heavy atom. The second kappa shape index (κ2) is 7.16. The minimum absolute atomic E-state index is 0.129. The summed E-state index contributed by atoms with van der Waals surface area (Å²) in [5.41, 5.74) is 5.99. The van der Waals surface area contributed by atoms with Crippen molar-refractivity contribution in [2.45, 2.75) is 6.10 Å². The zero-order valence-corrected chi connectivity index (χ0v) is 13.9. The van der Waals surface area contributed by atoms with Crippen molar-refractivity contribution < 1.29 is 18.7 Å². The van der Waals surface area contributed by atoms with Crippen LogP contribution in [0.1, 0.15) is 0 Å². The highest BCUT2D eigenvalue weighted by Crippen LogP contribution is 2.29. The van der Waals surface area contributed by atoms with Gasteiger partial charge in [-0.15, -0.1) is 0 Å². The first kappa shape index (κ1) is 16.7. The number of carbonyl (C=O) groups is 2. The lowest BCUT2D eigenvalue weighted by Gasteiger charge is -2.29. The van der Waals surface area contributed by atoms with Crippen LogP contribution in [0.4, 0.5) is 25.4 Å². The molecule has 0 bridgehead atoms. The number of amides is 3. The Morgan fingerprint density at radius 1 is 1.42 bits per heavy atom. The third-order valence-electron chi connectivity index (χ3n) is 3.97. The average molecular weight is 354 g/mol. The Hall–Kier alpha value is -2.16. The van der Waals surface area contributed by atoms with Gasteiger partial charge in [0.1, 0.15) is 11.9 Å². The number of anilines is 2. The number of hydrogen-bond donors (Lipinski definition) is 2. The molecule has 2 aliphatic rings. The van der Waals surface area contributed by atoms with Gasteiger partial charge < -0.3 is 20.7 Å². The number of rotatable bonds is 4. The van der Waals surface area contributed by atoms with Crippen LogP contribution in [0.3, 0.4) is 0 Å². The first-order valence-corrected chi connectivity index (χ1v) is 8.84. The number of hydrogen-bond acceptors (Lipinski definition) is 5. The number of nitrogens with zero attached hydrogens (tertiary/aromatic N) is 2. The highest BCUT2D eigenvalue weighted by atomic mass is 32.2. The van der Waals surface area contributed by atoms with Crippen LogP contribution in [0.2, 0.25) is 0 Å². The fraction of sp³-hybridized carbons (Fsp3) is 0.467. The molecule has 1 atom stereocenters. The fourth-order valence-corrected chi connectivity index (χ4v) is 3.68. The van der Waals surface area contributed by atoms with Crippen molar-refractivity contribution in [1.82, 2.24) is 5.32 Å². The number of cyclic esters (lactones) is 1. The van der Waals surface area contributed by atoms with Crippen LogP contribution in [0.15, 0.2) is 18.2 Å². The van der Waals surface area contributed by atoms with Gasteiger partial charge in [0.15, 0.2) is 0 Å². The zero-order valence-electron chi connectivity index (χ0n) is 13.0. The van der Waals surface area contributed by atoms with Gasteiger partial charge in [0.2, 0.25) is 0 Å². The van der Waals surface area contributed by atoms with Gasteiger partial charge in [-0.1, -0.05) is 0 Å².